The Kier molecular flexibility index (Phi) is 8.01. The molecule has 7 heteroatoms. The first-order valence-electron chi connectivity index (χ1n) is 11.6. The molecule has 2 aromatic carbocycles. The fraction of sp³-hybridized carbons (Fsp3) is 0.296. The molecule has 1 fully saturated rings. The summed E-state index contributed by atoms with van der Waals surface area (Å²) >= 11 is 0. The second kappa shape index (κ2) is 11.5. The zero-order valence-corrected chi connectivity index (χ0v) is 19.5. The van der Waals surface area contributed by atoms with Crippen molar-refractivity contribution < 1.29 is 9.59 Å². The zero-order valence-electron chi connectivity index (χ0n) is 19.5. The monoisotopic (exact) mass is 457 g/mol. The Morgan fingerprint density at radius 1 is 0.912 bits per heavy atom. The van der Waals surface area contributed by atoms with E-state index in [0.717, 1.165) is 43.9 Å². The van der Waals surface area contributed by atoms with Crippen LogP contribution in [-0.2, 0) is 16.1 Å². The standard InChI is InChI=1S/C27H31N5O2/c1-21-9-11-24(12-10-21)30-27(34)26(33)29-19-25(23-8-5-13-28-18-23)32-16-14-31(15-17-32)20-22-6-3-2-4-7-22/h2-13,18,25H,14-17,19-20H2,1H3,(H,29,33)(H,30,34)/t25-/m1/s1. The van der Waals surface area contributed by atoms with E-state index < -0.39 is 11.8 Å². The lowest BCUT2D eigenvalue weighted by molar-refractivity contribution is -0.136. The van der Waals surface area contributed by atoms with E-state index in [1.807, 2.05) is 43.5 Å². The summed E-state index contributed by atoms with van der Waals surface area (Å²) in [4.78, 5) is 34.0. The number of rotatable bonds is 7. The van der Waals surface area contributed by atoms with Crippen LogP contribution in [0.4, 0.5) is 5.69 Å². The molecule has 1 aromatic heterocycles. The summed E-state index contributed by atoms with van der Waals surface area (Å²) in [7, 11) is 0. The number of pyridine rings is 1. The summed E-state index contributed by atoms with van der Waals surface area (Å²) in [5.41, 5.74) is 4.03. The molecule has 34 heavy (non-hydrogen) atoms. The van der Waals surface area contributed by atoms with Gasteiger partial charge in [0.1, 0.15) is 0 Å². The van der Waals surface area contributed by atoms with Gasteiger partial charge in [0.05, 0.1) is 6.04 Å². The number of benzene rings is 2. The number of carbonyl (C=O) groups excluding carboxylic acids is 2. The number of hydrogen-bond donors (Lipinski definition) is 2. The summed E-state index contributed by atoms with van der Waals surface area (Å²) in [6.45, 7) is 6.86. The van der Waals surface area contributed by atoms with Gasteiger partial charge in [-0.15, -0.1) is 0 Å². The molecule has 0 radical (unpaired) electrons. The van der Waals surface area contributed by atoms with Crippen LogP contribution in [0.25, 0.3) is 0 Å². The van der Waals surface area contributed by atoms with Crippen molar-refractivity contribution in [2.75, 3.05) is 38.0 Å². The maximum atomic E-state index is 12.5. The van der Waals surface area contributed by atoms with E-state index in [0.29, 0.717) is 12.2 Å². The quantitative estimate of drug-likeness (QED) is 0.534. The van der Waals surface area contributed by atoms with E-state index in [-0.39, 0.29) is 6.04 Å². The van der Waals surface area contributed by atoms with Gasteiger partial charge in [-0.25, -0.2) is 0 Å². The average molecular weight is 458 g/mol. The summed E-state index contributed by atoms with van der Waals surface area (Å²) in [5.74, 6) is -1.31. The molecule has 1 aliphatic heterocycles. The first-order chi connectivity index (χ1) is 16.6. The van der Waals surface area contributed by atoms with Crippen molar-refractivity contribution >= 4 is 17.5 Å². The highest BCUT2D eigenvalue weighted by atomic mass is 16.2. The topological polar surface area (TPSA) is 77.6 Å². The molecule has 2 heterocycles. The van der Waals surface area contributed by atoms with Gasteiger partial charge < -0.3 is 10.6 Å². The maximum absolute atomic E-state index is 12.5. The molecule has 0 unspecified atom stereocenters. The smallest absolute Gasteiger partial charge is 0.313 e. The lowest BCUT2D eigenvalue weighted by atomic mass is 10.1. The van der Waals surface area contributed by atoms with Gasteiger partial charge in [-0.2, -0.15) is 0 Å². The number of aromatic nitrogens is 1. The number of carbonyl (C=O) groups is 2. The van der Waals surface area contributed by atoms with E-state index in [2.05, 4.69) is 49.7 Å². The van der Waals surface area contributed by atoms with Crippen molar-refractivity contribution in [3.05, 3.63) is 95.8 Å². The summed E-state index contributed by atoms with van der Waals surface area (Å²) in [6.07, 6.45) is 3.57. The molecular formula is C27H31N5O2. The number of nitrogens with zero attached hydrogens (tertiary/aromatic N) is 3. The van der Waals surface area contributed by atoms with Crippen molar-refractivity contribution in [3.8, 4) is 0 Å². The molecule has 1 aliphatic rings. The number of amides is 2. The molecule has 0 aliphatic carbocycles. The van der Waals surface area contributed by atoms with Gasteiger partial charge in [-0.3, -0.25) is 24.4 Å². The van der Waals surface area contributed by atoms with E-state index >= 15 is 0 Å². The van der Waals surface area contributed by atoms with Crippen LogP contribution in [0.3, 0.4) is 0 Å². The zero-order chi connectivity index (χ0) is 23.8. The molecule has 7 nitrogen and oxygen atoms in total. The Morgan fingerprint density at radius 2 is 1.65 bits per heavy atom. The van der Waals surface area contributed by atoms with Crippen LogP contribution in [0.5, 0.6) is 0 Å². The molecule has 0 saturated carbocycles. The minimum atomic E-state index is -0.665. The third kappa shape index (κ3) is 6.50. The first kappa shape index (κ1) is 23.6. The summed E-state index contributed by atoms with van der Waals surface area (Å²) < 4.78 is 0. The van der Waals surface area contributed by atoms with Crippen LogP contribution in [0, 0.1) is 6.92 Å². The molecular weight excluding hydrogens is 426 g/mol. The molecule has 2 amide bonds. The van der Waals surface area contributed by atoms with Crippen LogP contribution < -0.4 is 10.6 Å². The molecule has 1 atom stereocenters. The van der Waals surface area contributed by atoms with E-state index in [9.17, 15) is 9.59 Å². The summed E-state index contributed by atoms with van der Waals surface area (Å²) in [6, 6.07) is 21.7. The second-order valence-corrected chi connectivity index (χ2v) is 8.63. The third-order valence-corrected chi connectivity index (χ3v) is 6.14. The van der Waals surface area contributed by atoms with Crippen LogP contribution >= 0.6 is 0 Å². The molecule has 176 valence electrons. The van der Waals surface area contributed by atoms with Gasteiger partial charge in [0, 0.05) is 57.3 Å². The highest BCUT2D eigenvalue weighted by Crippen LogP contribution is 2.22. The Hall–Kier alpha value is -3.55. The lowest BCUT2D eigenvalue weighted by Crippen LogP contribution is -2.50. The Labute approximate surface area is 200 Å². The second-order valence-electron chi connectivity index (χ2n) is 8.63. The van der Waals surface area contributed by atoms with Crippen LogP contribution in [0.15, 0.2) is 79.1 Å². The summed E-state index contributed by atoms with van der Waals surface area (Å²) in [5, 5.41) is 5.48. The fourth-order valence-electron chi connectivity index (χ4n) is 4.20. The highest BCUT2D eigenvalue weighted by Gasteiger charge is 2.26. The van der Waals surface area contributed by atoms with Gasteiger partial charge in [-0.05, 0) is 36.2 Å². The molecule has 2 N–H and O–H groups in total. The molecule has 4 rings (SSSR count). The van der Waals surface area contributed by atoms with Crippen LogP contribution in [0.2, 0.25) is 0 Å². The van der Waals surface area contributed by atoms with Crippen molar-refractivity contribution in [2.24, 2.45) is 0 Å². The normalized spacial score (nSPS) is 15.4. The minimum absolute atomic E-state index is 0.0521. The largest absolute Gasteiger partial charge is 0.346 e. The molecule has 0 bridgehead atoms. The van der Waals surface area contributed by atoms with Crippen molar-refractivity contribution in [1.82, 2.24) is 20.1 Å². The minimum Gasteiger partial charge on any atom is -0.346 e. The van der Waals surface area contributed by atoms with Crippen molar-refractivity contribution in [1.29, 1.82) is 0 Å². The molecule has 3 aromatic rings. The SMILES string of the molecule is Cc1ccc(NC(=O)C(=O)NC[C@H](c2cccnc2)N2CCN(Cc3ccccc3)CC2)cc1. The Bertz CT molecular complexity index is 1070. The third-order valence-electron chi connectivity index (χ3n) is 6.14. The fourth-order valence-corrected chi connectivity index (χ4v) is 4.20. The average Bonchev–Trinajstić information content (AvgIpc) is 2.87. The first-order valence-corrected chi connectivity index (χ1v) is 11.6. The number of hydrogen-bond acceptors (Lipinski definition) is 5. The van der Waals surface area contributed by atoms with Crippen LogP contribution in [-0.4, -0.2) is 59.3 Å². The lowest BCUT2D eigenvalue weighted by Gasteiger charge is -2.39. The molecule has 0 spiro atoms. The predicted molar refractivity (Wildman–Crippen MR) is 133 cm³/mol. The Balaban J connectivity index is 1.34. The Morgan fingerprint density at radius 3 is 2.32 bits per heavy atom. The van der Waals surface area contributed by atoms with Gasteiger partial charge in [0.25, 0.3) is 0 Å². The van der Waals surface area contributed by atoms with Gasteiger partial charge >= 0.3 is 11.8 Å². The number of aryl methyl sites for hydroxylation is 1. The van der Waals surface area contributed by atoms with E-state index in [4.69, 9.17) is 0 Å². The van der Waals surface area contributed by atoms with Gasteiger partial charge in [0.2, 0.25) is 0 Å². The van der Waals surface area contributed by atoms with Gasteiger partial charge in [-0.1, -0.05) is 54.1 Å². The number of piperazine rings is 1. The van der Waals surface area contributed by atoms with E-state index in [1.165, 1.54) is 5.56 Å². The van der Waals surface area contributed by atoms with Gasteiger partial charge in [0.15, 0.2) is 0 Å². The number of anilines is 1. The number of nitrogens with one attached hydrogen (secondary N) is 2. The predicted octanol–water partition coefficient (Wildman–Crippen LogP) is 3.00. The van der Waals surface area contributed by atoms with Crippen molar-refractivity contribution in [3.63, 3.8) is 0 Å². The highest BCUT2D eigenvalue weighted by molar-refractivity contribution is 6.39. The molecule has 1 saturated heterocycles. The van der Waals surface area contributed by atoms with E-state index in [1.54, 1.807) is 18.3 Å². The maximum Gasteiger partial charge on any atom is 0.313 e. The van der Waals surface area contributed by atoms with Crippen molar-refractivity contribution in [2.45, 2.75) is 19.5 Å². The van der Waals surface area contributed by atoms with Crippen LogP contribution in [0.1, 0.15) is 22.7 Å².